The van der Waals surface area contributed by atoms with Crippen LogP contribution in [-0.2, 0) is 13.6 Å². The summed E-state index contributed by atoms with van der Waals surface area (Å²) in [7, 11) is -3.77. The smallest absolute Gasteiger partial charge is 0.200 e. The minimum absolute atomic E-state index is 0.0891. The van der Waals surface area contributed by atoms with Crippen LogP contribution in [0.3, 0.4) is 0 Å². The second-order valence-corrected chi connectivity index (χ2v) is 21.7. The molecule has 1 aliphatic heterocycles. The summed E-state index contributed by atoms with van der Waals surface area (Å²) in [6.45, 7) is 29.8. The van der Waals surface area contributed by atoms with E-state index in [1.54, 1.807) is 0 Å². The number of ether oxygens (including phenoxy) is 1. The van der Waals surface area contributed by atoms with Crippen LogP contribution in [0.2, 0.25) is 33.2 Å². The minimum atomic E-state index is -1.90. The first kappa shape index (κ1) is 26.3. The lowest BCUT2D eigenvalue weighted by Gasteiger charge is -2.46. The van der Waals surface area contributed by atoms with Crippen molar-refractivity contribution in [1.82, 2.24) is 0 Å². The van der Waals surface area contributed by atoms with E-state index in [0.717, 1.165) is 13.0 Å². The molecule has 0 aliphatic carbocycles. The Morgan fingerprint density at radius 1 is 0.679 bits per heavy atom. The molecule has 1 fully saturated rings. The zero-order valence-electron chi connectivity index (χ0n) is 21.0. The monoisotopic (exact) mass is 430 g/mol. The second kappa shape index (κ2) is 10.6. The summed E-state index contributed by atoms with van der Waals surface area (Å²) >= 11 is 0. The zero-order valence-corrected chi connectivity index (χ0v) is 23.0. The van der Waals surface area contributed by atoms with Crippen LogP contribution in [0.1, 0.15) is 89.5 Å². The standard InChI is InChI=1S/C23H50O3Si2/c1-16(2)27(17(3)4,18(5)6)25-15-23-22(13-14-24-23)26-28(19(7)8,20(9)10)21(11)12/h16-23H,13-15H2,1-12H3/t22-,23+/m1/s1. The highest BCUT2D eigenvalue weighted by Crippen LogP contribution is 2.45. The average Bonchev–Trinajstić information content (AvgIpc) is 2.98. The summed E-state index contributed by atoms with van der Waals surface area (Å²) in [6.07, 6.45) is 1.29. The summed E-state index contributed by atoms with van der Waals surface area (Å²) in [6, 6.07) is 0. The molecule has 168 valence electrons. The Bertz CT molecular complexity index is 417. The molecule has 0 bridgehead atoms. The van der Waals surface area contributed by atoms with E-state index in [-0.39, 0.29) is 12.2 Å². The summed E-state index contributed by atoms with van der Waals surface area (Å²) in [4.78, 5) is 0. The average molecular weight is 431 g/mol. The van der Waals surface area contributed by atoms with Crippen molar-refractivity contribution in [2.75, 3.05) is 13.2 Å². The molecule has 0 N–H and O–H groups in total. The molecule has 0 spiro atoms. The molecule has 0 aromatic carbocycles. The van der Waals surface area contributed by atoms with Gasteiger partial charge in [-0.25, -0.2) is 0 Å². The molecule has 0 saturated carbocycles. The summed E-state index contributed by atoms with van der Waals surface area (Å²) < 4.78 is 20.1. The van der Waals surface area contributed by atoms with E-state index in [4.69, 9.17) is 13.6 Å². The fraction of sp³-hybridized carbons (Fsp3) is 1.00. The largest absolute Gasteiger partial charge is 0.413 e. The van der Waals surface area contributed by atoms with Crippen molar-refractivity contribution >= 4 is 16.6 Å². The maximum atomic E-state index is 7.09. The van der Waals surface area contributed by atoms with Crippen molar-refractivity contribution in [3.8, 4) is 0 Å². The van der Waals surface area contributed by atoms with E-state index in [9.17, 15) is 0 Å². The Hall–Kier alpha value is 0.314. The van der Waals surface area contributed by atoms with Crippen LogP contribution in [0.15, 0.2) is 0 Å². The Morgan fingerprint density at radius 2 is 1.07 bits per heavy atom. The molecule has 0 unspecified atom stereocenters. The Morgan fingerprint density at radius 3 is 1.43 bits per heavy atom. The van der Waals surface area contributed by atoms with Gasteiger partial charge in [0.15, 0.2) is 8.32 Å². The Kier molecular flexibility index (Phi) is 9.94. The highest BCUT2D eigenvalue weighted by atomic mass is 28.4. The third kappa shape index (κ3) is 5.13. The van der Waals surface area contributed by atoms with Crippen molar-refractivity contribution in [3.63, 3.8) is 0 Å². The summed E-state index contributed by atoms with van der Waals surface area (Å²) in [5.41, 5.74) is 3.61. The van der Waals surface area contributed by atoms with Crippen LogP contribution < -0.4 is 0 Å². The molecule has 5 heteroatoms. The molecular weight excluding hydrogens is 380 g/mol. The van der Waals surface area contributed by atoms with Crippen LogP contribution in [0.5, 0.6) is 0 Å². The van der Waals surface area contributed by atoms with Gasteiger partial charge in [-0.15, -0.1) is 0 Å². The highest BCUT2D eigenvalue weighted by molar-refractivity contribution is 6.78. The van der Waals surface area contributed by atoms with E-state index in [2.05, 4.69) is 83.1 Å². The minimum Gasteiger partial charge on any atom is -0.413 e. The van der Waals surface area contributed by atoms with Crippen LogP contribution in [0, 0.1) is 0 Å². The van der Waals surface area contributed by atoms with Gasteiger partial charge >= 0.3 is 0 Å². The molecular formula is C23H50O3Si2. The number of hydrogen-bond acceptors (Lipinski definition) is 3. The lowest BCUT2D eigenvalue weighted by molar-refractivity contribution is 0.00947. The fourth-order valence-electron chi connectivity index (χ4n) is 6.32. The third-order valence-corrected chi connectivity index (χ3v) is 19.6. The van der Waals surface area contributed by atoms with E-state index in [0.29, 0.717) is 39.9 Å². The third-order valence-electron chi connectivity index (χ3n) is 7.42. The topological polar surface area (TPSA) is 27.7 Å². The van der Waals surface area contributed by atoms with Gasteiger partial charge in [0.2, 0.25) is 8.32 Å². The van der Waals surface area contributed by atoms with Gasteiger partial charge in [-0.05, 0) is 39.7 Å². The lowest BCUT2D eigenvalue weighted by atomic mass is 10.2. The second-order valence-electron chi connectivity index (χ2n) is 10.8. The first-order valence-electron chi connectivity index (χ1n) is 11.8. The predicted molar refractivity (Wildman–Crippen MR) is 127 cm³/mol. The van der Waals surface area contributed by atoms with Gasteiger partial charge in [-0.2, -0.15) is 0 Å². The molecule has 1 rings (SSSR count). The highest BCUT2D eigenvalue weighted by Gasteiger charge is 2.50. The van der Waals surface area contributed by atoms with Gasteiger partial charge in [0, 0.05) is 6.61 Å². The van der Waals surface area contributed by atoms with Gasteiger partial charge in [0.05, 0.1) is 12.7 Å². The van der Waals surface area contributed by atoms with Crippen molar-refractivity contribution in [2.24, 2.45) is 0 Å². The maximum absolute atomic E-state index is 7.09. The molecule has 1 saturated heterocycles. The SMILES string of the molecule is CC(C)[Si](OC[C@@H]1OCC[C@H]1O[Si](C(C)C)(C(C)C)C(C)C)(C(C)C)C(C)C. The van der Waals surface area contributed by atoms with E-state index >= 15 is 0 Å². The molecule has 3 nitrogen and oxygen atoms in total. The van der Waals surface area contributed by atoms with Crippen LogP contribution in [-0.4, -0.2) is 42.1 Å². The first-order valence-corrected chi connectivity index (χ1v) is 16.0. The van der Waals surface area contributed by atoms with E-state index < -0.39 is 16.6 Å². The van der Waals surface area contributed by atoms with Crippen molar-refractivity contribution in [2.45, 2.75) is 135 Å². The van der Waals surface area contributed by atoms with Crippen molar-refractivity contribution in [1.29, 1.82) is 0 Å². The van der Waals surface area contributed by atoms with Gasteiger partial charge in [-0.1, -0.05) is 83.1 Å². The molecule has 0 aromatic rings. The lowest BCUT2D eigenvalue weighted by Crippen LogP contribution is -2.53. The van der Waals surface area contributed by atoms with Crippen molar-refractivity contribution in [3.05, 3.63) is 0 Å². The molecule has 0 amide bonds. The van der Waals surface area contributed by atoms with Gasteiger partial charge in [0.1, 0.15) is 6.10 Å². The van der Waals surface area contributed by atoms with E-state index in [1.165, 1.54) is 0 Å². The van der Waals surface area contributed by atoms with Crippen LogP contribution in [0.4, 0.5) is 0 Å². The van der Waals surface area contributed by atoms with Gasteiger partial charge < -0.3 is 13.6 Å². The normalized spacial score (nSPS) is 22.1. The molecule has 1 aliphatic rings. The summed E-state index contributed by atoms with van der Waals surface area (Å²) in [5.74, 6) is 0. The first-order chi connectivity index (χ1) is 12.8. The zero-order chi connectivity index (χ0) is 21.9. The maximum Gasteiger partial charge on any atom is 0.200 e. The predicted octanol–water partition coefficient (Wildman–Crippen LogP) is 7.53. The van der Waals surface area contributed by atoms with Crippen molar-refractivity contribution < 1.29 is 13.6 Å². The van der Waals surface area contributed by atoms with Gasteiger partial charge in [-0.3, -0.25) is 0 Å². The quantitative estimate of drug-likeness (QED) is 0.317. The van der Waals surface area contributed by atoms with Gasteiger partial charge in [0.25, 0.3) is 0 Å². The molecule has 0 aromatic heterocycles. The van der Waals surface area contributed by atoms with E-state index in [1.807, 2.05) is 0 Å². The molecule has 1 heterocycles. The van der Waals surface area contributed by atoms with Crippen LogP contribution >= 0.6 is 0 Å². The molecule has 0 radical (unpaired) electrons. The summed E-state index contributed by atoms with van der Waals surface area (Å²) in [5, 5.41) is 0. The number of rotatable bonds is 11. The number of hydrogen-bond donors (Lipinski definition) is 0. The molecule has 2 atom stereocenters. The molecule has 28 heavy (non-hydrogen) atoms. The Labute approximate surface area is 178 Å². The van der Waals surface area contributed by atoms with Crippen LogP contribution in [0.25, 0.3) is 0 Å². The fourth-order valence-corrected chi connectivity index (χ4v) is 17.4. The Balaban J connectivity index is 3.01.